The number of aryl methyl sites for hydroxylation is 2. The average Bonchev–Trinajstić information content (AvgIpc) is 2.55. The van der Waals surface area contributed by atoms with Gasteiger partial charge in [-0.3, -0.25) is 4.79 Å². The summed E-state index contributed by atoms with van der Waals surface area (Å²) in [6.07, 6.45) is 0. The number of aromatic nitrogens is 4. The minimum Gasteiger partial charge on any atom is -0.354 e. The molecule has 0 amide bonds. The molecule has 6 heteroatoms. The monoisotopic (exact) mass is 321 g/mol. The van der Waals surface area contributed by atoms with Crippen LogP contribution < -0.4 is 10.5 Å². The molecule has 122 valence electrons. The zero-order valence-electron chi connectivity index (χ0n) is 13.8. The summed E-state index contributed by atoms with van der Waals surface area (Å²) in [5.74, 6) is 1.33. The van der Waals surface area contributed by atoms with Crippen molar-refractivity contribution in [1.82, 2.24) is 20.0 Å². The van der Waals surface area contributed by atoms with E-state index in [1.165, 1.54) is 0 Å². The fraction of sp³-hybridized carbons (Fsp3) is 0.333. The van der Waals surface area contributed by atoms with E-state index in [-0.39, 0.29) is 5.56 Å². The Hall–Kier alpha value is -2.76. The van der Waals surface area contributed by atoms with Gasteiger partial charge >= 0.3 is 0 Å². The van der Waals surface area contributed by atoms with E-state index in [1.807, 2.05) is 26.0 Å². The standard InChI is InChI=1S/C18H19N5O/c1-12-7-8-17(24)23(21-12)11-14-9-22(10-14)18-16-6-4-3-5-15(16)13(2)19-20-18/h3-8,14H,9-11H2,1-2H3. The lowest BCUT2D eigenvalue weighted by Crippen LogP contribution is -2.50. The van der Waals surface area contributed by atoms with Crippen molar-refractivity contribution in [3.05, 3.63) is 58.1 Å². The number of nitrogens with zero attached hydrogens (tertiary/aromatic N) is 5. The lowest BCUT2D eigenvalue weighted by atomic mass is 9.99. The third kappa shape index (κ3) is 2.54. The zero-order chi connectivity index (χ0) is 16.7. The Bertz CT molecular complexity index is 959. The number of fused-ring (bicyclic) bond motifs is 1. The number of hydrogen-bond donors (Lipinski definition) is 0. The molecule has 0 aliphatic carbocycles. The Kier molecular flexibility index (Phi) is 3.52. The van der Waals surface area contributed by atoms with Crippen LogP contribution >= 0.6 is 0 Å². The highest BCUT2D eigenvalue weighted by Gasteiger charge is 2.30. The smallest absolute Gasteiger partial charge is 0.266 e. The number of anilines is 1. The molecule has 6 nitrogen and oxygen atoms in total. The molecule has 0 atom stereocenters. The number of rotatable bonds is 3. The zero-order valence-corrected chi connectivity index (χ0v) is 13.8. The van der Waals surface area contributed by atoms with Gasteiger partial charge in [-0.1, -0.05) is 24.3 Å². The molecule has 0 saturated carbocycles. The maximum absolute atomic E-state index is 11.9. The minimum atomic E-state index is -0.0420. The summed E-state index contributed by atoms with van der Waals surface area (Å²) in [7, 11) is 0. The largest absolute Gasteiger partial charge is 0.354 e. The molecule has 1 aliphatic rings. The third-order valence-electron chi connectivity index (χ3n) is 4.54. The highest BCUT2D eigenvalue weighted by molar-refractivity contribution is 5.93. The maximum Gasteiger partial charge on any atom is 0.266 e. The van der Waals surface area contributed by atoms with Crippen molar-refractivity contribution in [2.75, 3.05) is 18.0 Å². The van der Waals surface area contributed by atoms with E-state index < -0.39 is 0 Å². The predicted molar refractivity (Wildman–Crippen MR) is 93.2 cm³/mol. The molecule has 3 heterocycles. The van der Waals surface area contributed by atoms with Crippen molar-refractivity contribution >= 4 is 16.6 Å². The van der Waals surface area contributed by atoms with Gasteiger partial charge in [-0.2, -0.15) is 10.2 Å². The van der Waals surface area contributed by atoms with E-state index in [4.69, 9.17) is 0 Å². The molecule has 3 aromatic rings. The molecule has 4 rings (SSSR count). The van der Waals surface area contributed by atoms with Crippen LogP contribution in [0.15, 0.2) is 41.2 Å². The van der Waals surface area contributed by atoms with Crippen molar-refractivity contribution in [1.29, 1.82) is 0 Å². The van der Waals surface area contributed by atoms with Crippen molar-refractivity contribution in [3.63, 3.8) is 0 Å². The van der Waals surface area contributed by atoms with Gasteiger partial charge in [-0.05, 0) is 19.9 Å². The number of benzene rings is 1. The summed E-state index contributed by atoms with van der Waals surface area (Å²) in [4.78, 5) is 14.1. The van der Waals surface area contributed by atoms with E-state index in [9.17, 15) is 4.79 Å². The van der Waals surface area contributed by atoms with Gasteiger partial charge in [-0.15, -0.1) is 5.10 Å². The van der Waals surface area contributed by atoms with E-state index in [2.05, 4.69) is 32.3 Å². The van der Waals surface area contributed by atoms with Crippen LogP contribution in [-0.4, -0.2) is 33.1 Å². The van der Waals surface area contributed by atoms with Crippen LogP contribution in [0.3, 0.4) is 0 Å². The molecule has 1 saturated heterocycles. The molecule has 2 aromatic heterocycles. The average molecular weight is 321 g/mol. The lowest BCUT2D eigenvalue weighted by molar-refractivity contribution is 0.332. The Morgan fingerprint density at radius 2 is 1.79 bits per heavy atom. The van der Waals surface area contributed by atoms with Gasteiger partial charge in [-0.25, -0.2) is 4.68 Å². The van der Waals surface area contributed by atoms with Crippen molar-refractivity contribution < 1.29 is 0 Å². The van der Waals surface area contributed by atoms with Gasteiger partial charge in [0, 0.05) is 35.8 Å². The Labute approximate surface area is 139 Å². The van der Waals surface area contributed by atoms with Crippen LogP contribution in [0.2, 0.25) is 0 Å². The van der Waals surface area contributed by atoms with E-state index in [0.717, 1.165) is 41.1 Å². The van der Waals surface area contributed by atoms with Gasteiger partial charge in [0.15, 0.2) is 5.82 Å². The van der Waals surface area contributed by atoms with Gasteiger partial charge in [0.05, 0.1) is 17.9 Å². The molecule has 24 heavy (non-hydrogen) atoms. The Morgan fingerprint density at radius 1 is 1.04 bits per heavy atom. The van der Waals surface area contributed by atoms with E-state index >= 15 is 0 Å². The SMILES string of the molecule is Cc1ccc(=O)n(CC2CN(c3nnc(C)c4ccccc34)C2)n1. The summed E-state index contributed by atoms with van der Waals surface area (Å²) < 4.78 is 1.57. The first-order valence-corrected chi connectivity index (χ1v) is 8.13. The van der Waals surface area contributed by atoms with Gasteiger partial charge in [0.2, 0.25) is 0 Å². The maximum atomic E-state index is 11.9. The van der Waals surface area contributed by atoms with Crippen LogP contribution in [0, 0.1) is 19.8 Å². The molecule has 0 unspecified atom stereocenters. The molecule has 0 radical (unpaired) electrons. The second-order valence-electron chi connectivity index (χ2n) is 6.42. The summed E-state index contributed by atoms with van der Waals surface area (Å²) in [5.41, 5.74) is 1.77. The normalized spacial score (nSPS) is 14.8. The first-order chi connectivity index (χ1) is 11.6. The fourth-order valence-electron chi connectivity index (χ4n) is 3.24. The van der Waals surface area contributed by atoms with Crippen LogP contribution in [0.5, 0.6) is 0 Å². The van der Waals surface area contributed by atoms with E-state index in [1.54, 1.807) is 16.8 Å². The quantitative estimate of drug-likeness (QED) is 0.738. The second kappa shape index (κ2) is 5.70. The van der Waals surface area contributed by atoms with Gasteiger partial charge in [0.1, 0.15) is 0 Å². The van der Waals surface area contributed by atoms with Gasteiger partial charge < -0.3 is 4.90 Å². The molecule has 0 spiro atoms. The highest BCUT2D eigenvalue weighted by Crippen LogP contribution is 2.30. The van der Waals surface area contributed by atoms with Crippen LogP contribution in [0.25, 0.3) is 10.8 Å². The molecule has 0 N–H and O–H groups in total. The van der Waals surface area contributed by atoms with Crippen LogP contribution in [-0.2, 0) is 6.54 Å². The minimum absolute atomic E-state index is 0.0420. The summed E-state index contributed by atoms with van der Waals surface area (Å²) in [6.45, 7) is 6.26. The molecule has 1 aliphatic heterocycles. The Balaban J connectivity index is 1.53. The van der Waals surface area contributed by atoms with Crippen molar-refractivity contribution in [3.8, 4) is 0 Å². The van der Waals surface area contributed by atoms with Crippen molar-refractivity contribution in [2.24, 2.45) is 5.92 Å². The summed E-state index contributed by atoms with van der Waals surface area (Å²) >= 11 is 0. The van der Waals surface area contributed by atoms with E-state index in [0.29, 0.717) is 12.5 Å². The highest BCUT2D eigenvalue weighted by atomic mass is 16.1. The lowest BCUT2D eigenvalue weighted by Gasteiger charge is -2.40. The second-order valence-corrected chi connectivity index (χ2v) is 6.42. The Morgan fingerprint density at radius 3 is 2.58 bits per heavy atom. The molecular weight excluding hydrogens is 302 g/mol. The molecule has 0 bridgehead atoms. The van der Waals surface area contributed by atoms with Gasteiger partial charge in [0.25, 0.3) is 5.56 Å². The first kappa shape index (κ1) is 14.8. The van der Waals surface area contributed by atoms with Crippen LogP contribution in [0.1, 0.15) is 11.4 Å². The molecule has 1 fully saturated rings. The first-order valence-electron chi connectivity index (χ1n) is 8.13. The number of hydrogen-bond acceptors (Lipinski definition) is 5. The van der Waals surface area contributed by atoms with Crippen molar-refractivity contribution in [2.45, 2.75) is 20.4 Å². The topological polar surface area (TPSA) is 63.9 Å². The van der Waals surface area contributed by atoms with Crippen LogP contribution in [0.4, 0.5) is 5.82 Å². The fourth-order valence-corrected chi connectivity index (χ4v) is 3.24. The molecular formula is C18H19N5O. The summed E-state index contributed by atoms with van der Waals surface area (Å²) in [5, 5.41) is 15.3. The molecule has 1 aromatic carbocycles. The predicted octanol–water partition coefficient (Wildman–Crippen LogP) is 1.94. The summed E-state index contributed by atoms with van der Waals surface area (Å²) in [6, 6.07) is 11.6. The third-order valence-corrected chi connectivity index (χ3v) is 4.54.